The lowest BCUT2D eigenvalue weighted by Crippen LogP contribution is -2.52. The summed E-state index contributed by atoms with van der Waals surface area (Å²) in [5, 5.41) is 2.97. The SMILES string of the molecule is CC1CN(C)CCN1CC(=O)Nc1ccccc1CN. The van der Waals surface area contributed by atoms with Crippen LogP contribution < -0.4 is 11.1 Å². The zero-order chi connectivity index (χ0) is 14.5. The maximum Gasteiger partial charge on any atom is 0.238 e. The molecule has 3 N–H and O–H groups in total. The first-order chi connectivity index (χ1) is 9.60. The van der Waals surface area contributed by atoms with E-state index in [0.29, 0.717) is 19.1 Å². The van der Waals surface area contributed by atoms with Crippen LogP contribution in [-0.2, 0) is 11.3 Å². The smallest absolute Gasteiger partial charge is 0.238 e. The van der Waals surface area contributed by atoms with Gasteiger partial charge in [0.15, 0.2) is 0 Å². The van der Waals surface area contributed by atoms with Gasteiger partial charge in [0.05, 0.1) is 6.54 Å². The number of nitrogens with zero attached hydrogens (tertiary/aromatic N) is 2. The van der Waals surface area contributed by atoms with E-state index in [1.807, 2.05) is 24.3 Å². The zero-order valence-corrected chi connectivity index (χ0v) is 12.3. The third-order valence-electron chi connectivity index (χ3n) is 3.83. The van der Waals surface area contributed by atoms with Gasteiger partial charge >= 0.3 is 0 Å². The number of nitrogens with two attached hydrogens (primary N) is 1. The van der Waals surface area contributed by atoms with Crippen LogP contribution in [0.4, 0.5) is 5.69 Å². The van der Waals surface area contributed by atoms with E-state index >= 15 is 0 Å². The molecule has 0 aromatic heterocycles. The van der Waals surface area contributed by atoms with Crippen LogP contribution in [0.25, 0.3) is 0 Å². The summed E-state index contributed by atoms with van der Waals surface area (Å²) in [7, 11) is 2.12. The number of amides is 1. The maximum absolute atomic E-state index is 12.2. The third-order valence-corrected chi connectivity index (χ3v) is 3.83. The lowest BCUT2D eigenvalue weighted by Gasteiger charge is -2.37. The van der Waals surface area contributed by atoms with Crippen molar-refractivity contribution in [1.29, 1.82) is 0 Å². The van der Waals surface area contributed by atoms with Gasteiger partial charge in [-0.25, -0.2) is 0 Å². The second kappa shape index (κ2) is 6.83. The van der Waals surface area contributed by atoms with Crippen molar-refractivity contribution in [3.8, 4) is 0 Å². The molecule has 1 fully saturated rings. The highest BCUT2D eigenvalue weighted by Gasteiger charge is 2.23. The Kier molecular flexibility index (Phi) is 5.11. The van der Waals surface area contributed by atoms with E-state index in [4.69, 9.17) is 5.73 Å². The number of piperazine rings is 1. The molecule has 0 aliphatic carbocycles. The molecule has 1 amide bonds. The number of carbonyl (C=O) groups is 1. The summed E-state index contributed by atoms with van der Waals surface area (Å²) in [6.45, 7) is 5.99. The molecular formula is C15H24N4O. The summed E-state index contributed by atoms with van der Waals surface area (Å²) >= 11 is 0. The van der Waals surface area contributed by atoms with Crippen molar-refractivity contribution in [3.63, 3.8) is 0 Å². The van der Waals surface area contributed by atoms with Gasteiger partial charge in [0.1, 0.15) is 0 Å². The first-order valence-corrected chi connectivity index (χ1v) is 7.10. The Morgan fingerprint density at radius 1 is 1.40 bits per heavy atom. The summed E-state index contributed by atoms with van der Waals surface area (Å²) < 4.78 is 0. The second-order valence-corrected chi connectivity index (χ2v) is 5.49. The van der Waals surface area contributed by atoms with E-state index in [2.05, 4.69) is 29.1 Å². The second-order valence-electron chi connectivity index (χ2n) is 5.49. The molecule has 1 aliphatic heterocycles. The Morgan fingerprint density at radius 3 is 2.85 bits per heavy atom. The van der Waals surface area contributed by atoms with Crippen molar-refractivity contribution in [2.45, 2.75) is 19.5 Å². The minimum absolute atomic E-state index is 0.0299. The molecule has 1 unspecified atom stereocenters. The highest BCUT2D eigenvalue weighted by atomic mass is 16.2. The molecule has 0 radical (unpaired) electrons. The van der Waals surface area contributed by atoms with E-state index in [0.717, 1.165) is 30.9 Å². The van der Waals surface area contributed by atoms with Gasteiger partial charge in [0.25, 0.3) is 0 Å². The molecule has 0 bridgehead atoms. The van der Waals surface area contributed by atoms with Gasteiger partial charge in [0.2, 0.25) is 5.91 Å². The molecule has 5 nitrogen and oxygen atoms in total. The van der Waals surface area contributed by atoms with Crippen LogP contribution in [0.5, 0.6) is 0 Å². The standard InChI is InChI=1S/C15H24N4O/c1-12-10-18(2)7-8-19(12)11-15(20)17-14-6-4-3-5-13(14)9-16/h3-6,12H,7-11,16H2,1-2H3,(H,17,20). The number of benzene rings is 1. The largest absolute Gasteiger partial charge is 0.326 e. The molecule has 1 aromatic rings. The number of anilines is 1. The number of carbonyl (C=O) groups excluding carboxylic acids is 1. The Labute approximate surface area is 120 Å². The molecule has 1 atom stereocenters. The molecule has 1 aromatic carbocycles. The predicted octanol–water partition coefficient (Wildman–Crippen LogP) is 0.720. The van der Waals surface area contributed by atoms with Crippen molar-refractivity contribution < 1.29 is 4.79 Å². The van der Waals surface area contributed by atoms with E-state index < -0.39 is 0 Å². The molecule has 110 valence electrons. The van der Waals surface area contributed by atoms with E-state index in [9.17, 15) is 4.79 Å². The van der Waals surface area contributed by atoms with Gasteiger partial charge in [-0.2, -0.15) is 0 Å². The highest BCUT2D eigenvalue weighted by Crippen LogP contribution is 2.14. The molecule has 0 saturated carbocycles. The highest BCUT2D eigenvalue weighted by molar-refractivity contribution is 5.93. The van der Waals surface area contributed by atoms with E-state index in [1.165, 1.54) is 0 Å². The number of rotatable bonds is 4. The molecular weight excluding hydrogens is 252 g/mol. The fraction of sp³-hybridized carbons (Fsp3) is 0.533. The van der Waals surface area contributed by atoms with Gasteiger partial charge in [-0.1, -0.05) is 18.2 Å². The first kappa shape index (κ1) is 15.0. The van der Waals surface area contributed by atoms with Crippen molar-refractivity contribution in [2.75, 3.05) is 38.5 Å². The predicted molar refractivity (Wildman–Crippen MR) is 81.5 cm³/mol. The summed E-state index contributed by atoms with van der Waals surface area (Å²) in [5.41, 5.74) is 7.47. The Hall–Kier alpha value is -1.43. The number of para-hydroxylation sites is 1. The lowest BCUT2D eigenvalue weighted by atomic mass is 10.1. The Morgan fingerprint density at radius 2 is 2.15 bits per heavy atom. The molecule has 0 spiro atoms. The third kappa shape index (κ3) is 3.79. The normalized spacial score (nSPS) is 20.9. The van der Waals surface area contributed by atoms with Gasteiger partial charge in [-0.05, 0) is 25.6 Å². The zero-order valence-electron chi connectivity index (χ0n) is 12.3. The lowest BCUT2D eigenvalue weighted by molar-refractivity contribution is -0.118. The van der Waals surface area contributed by atoms with Crippen molar-refractivity contribution >= 4 is 11.6 Å². The van der Waals surface area contributed by atoms with Crippen molar-refractivity contribution in [2.24, 2.45) is 5.73 Å². The van der Waals surface area contributed by atoms with E-state index in [-0.39, 0.29) is 5.91 Å². The molecule has 5 heteroatoms. The Bertz CT molecular complexity index is 463. The number of hydrogen-bond acceptors (Lipinski definition) is 4. The first-order valence-electron chi connectivity index (χ1n) is 7.10. The average Bonchev–Trinajstić information content (AvgIpc) is 2.42. The summed E-state index contributed by atoms with van der Waals surface area (Å²) in [6, 6.07) is 8.08. The monoisotopic (exact) mass is 276 g/mol. The average molecular weight is 276 g/mol. The maximum atomic E-state index is 12.2. The number of hydrogen-bond donors (Lipinski definition) is 2. The Balaban J connectivity index is 1.92. The van der Waals surface area contributed by atoms with Crippen molar-refractivity contribution in [1.82, 2.24) is 9.80 Å². The molecule has 2 rings (SSSR count). The molecule has 20 heavy (non-hydrogen) atoms. The van der Waals surface area contributed by atoms with Crippen LogP contribution in [0.3, 0.4) is 0 Å². The molecule has 1 saturated heterocycles. The van der Waals surface area contributed by atoms with Crippen LogP contribution in [0.1, 0.15) is 12.5 Å². The van der Waals surface area contributed by atoms with Gasteiger partial charge in [-0.3, -0.25) is 9.69 Å². The van der Waals surface area contributed by atoms with Crippen LogP contribution in [-0.4, -0.2) is 55.0 Å². The van der Waals surface area contributed by atoms with Gasteiger partial charge in [-0.15, -0.1) is 0 Å². The van der Waals surface area contributed by atoms with Crippen LogP contribution >= 0.6 is 0 Å². The van der Waals surface area contributed by atoms with Crippen molar-refractivity contribution in [3.05, 3.63) is 29.8 Å². The van der Waals surface area contributed by atoms with Gasteiger partial charge in [0, 0.05) is 37.9 Å². The summed E-state index contributed by atoms with van der Waals surface area (Å²) in [5.74, 6) is 0.0299. The fourth-order valence-corrected chi connectivity index (χ4v) is 2.61. The molecule has 1 aliphatic rings. The minimum Gasteiger partial charge on any atom is -0.326 e. The minimum atomic E-state index is 0.0299. The van der Waals surface area contributed by atoms with E-state index in [1.54, 1.807) is 0 Å². The van der Waals surface area contributed by atoms with Crippen LogP contribution in [0, 0.1) is 0 Å². The van der Waals surface area contributed by atoms with Crippen LogP contribution in [0.2, 0.25) is 0 Å². The fourth-order valence-electron chi connectivity index (χ4n) is 2.61. The summed E-state index contributed by atoms with van der Waals surface area (Å²) in [6.07, 6.45) is 0. The number of likely N-dealkylation sites (N-methyl/N-ethyl adjacent to an activating group) is 1. The van der Waals surface area contributed by atoms with Gasteiger partial charge < -0.3 is 16.0 Å². The number of nitrogens with one attached hydrogen (secondary N) is 1. The summed E-state index contributed by atoms with van der Waals surface area (Å²) in [4.78, 5) is 16.7. The topological polar surface area (TPSA) is 61.6 Å². The molecule has 1 heterocycles. The van der Waals surface area contributed by atoms with Crippen LogP contribution in [0.15, 0.2) is 24.3 Å². The quantitative estimate of drug-likeness (QED) is 0.850.